The van der Waals surface area contributed by atoms with Crippen LogP contribution in [-0.4, -0.2) is 0 Å². The van der Waals surface area contributed by atoms with Crippen LogP contribution in [0, 0.1) is 17.4 Å². The zero-order chi connectivity index (χ0) is 12.4. The van der Waals surface area contributed by atoms with Gasteiger partial charge in [0.15, 0.2) is 0 Å². The molecule has 0 saturated heterocycles. The fraction of sp³-hybridized carbons (Fsp3) is 0. The topological polar surface area (TPSA) is 23.8 Å². The molecule has 0 amide bonds. The monoisotopic (exact) mass is 228 g/mol. The third-order valence-electron chi connectivity index (χ3n) is 3.00. The summed E-state index contributed by atoms with van der Waals surface area (Å²) in [5.41, 5.74) is 2.58. The number of nitriles is 1. The summed E-state index contributed by atoms with van der Waals surface area (Å²) in [4.78, 5) is 0. The van der Waals surface area contributed by atoms with E-state index in [2.05, 4.69) is 24.3 Å². The van der Waals surface area contributed by atoms with Crippen molar-refractivity contribution in [3.05, 3.63) is 72.3 Å². The van der Waals surface area contributed by atoms with Gasteiger partial charge in [0.25, 0.3) is 0 Å². The third kappa shape index (κ3) is 1.74. The summed E-state index contributed by atoms with van der Waals surface area (Å²) in [5.74, 6) is 0. The van der Waals surface area contributed by atoms with E-state index in [9.17, 15) is 0 Å². The van der Waals surface area contributed by atoms with Crippen molar-refractivity contribution in [2.75, 3.05) is 0 Å². The molecule has 0 unspecified atom stereocenters. The number of rotatable bonds is 1. The smallest absolute Gasteiger partial charge is 0.0998 e. The van der Waals surface area contributed by atoms with E-state index in [1.807, 2.05) is 48.5 Å². The van der Waals surface area contributed by atoms with E-state index >= 15 is 0 Å². The molecule has 1 nitrogen and oxygen atoms in total. The molecule has 83 valence electrons. The first-order valence-corrected chi connectivity index (χ1v) is 5.79. The molecule has 1 heteroatoms. The summed E-state index contributed by atoms with van der Waals surface area (Å²) >= 11 is 0. The van der Waals surface area contributed by atoms with Gasteiger partial charge in [0.2, 0.25) is 0 Å². The van der Waals surface area contributed by atoms with Crippen LogP contribution >= 0.6 is 0 Å². The summed E-state index contributed by atoms with van der Waals surface area (Å²) in [6.45, 7) is 0. The van der Waals surface area contributed by atoms with Crippen LogP contribution in [0.15, 0.2) is 60.7 Å². The average molecular weight is 228 g/mol. The van der Waals surface area contributed by atoms with Crippen molar-refractivity contribution in [1.29, 1.82) is 5.26 Å². The minimum absolute atomic E-state index is 0.684. The molecule has 18 heavy (non-hydrogen) atoms. The molecule has 0 heterocycles. The van der Waals surface area contributed by atoms with Gasteiger partial charge in [0, 0.05) is 5.56 Å². The molecule has 3 aromatic carbocycles. The molecule has 0 aliphatic heterocycles. The minimum atomic E-state index is 0.684. The van der Waals surface area contributed by atoms with Crippen molar-refractivity contribution in [1.82, 2.24) is 0 Å². The molecule has 1 radical (unpaired) electrons. The van der Waals surface area contributed by atoms with E-state index in [0.717, 1.165) is 21.9 Å². The lowest BCUT2D eigenvalue weighted by Gasteiger charge is -2.05. The summed E-state index contributed by atoms with van der Waals surface area (Å²) < 4.78 is 0. The van der Waals surface area contributed by atoms with Gasteiger partial charge in [0.05, 0.1) is 11.6 Å². The lowest BCUT2D eigenvalue weighted by Crippen LogP contribution is -1.84. The predicted octanol–water partition coefficient (Wildman–Crippen LogP) is 4.18. The SMILES string of the molecule is N#Cc1ccccc1-c1[c]c2ccccc2cc1. The molecule has 0 saturated carbocycles. The predicted molar refractivity (Wildman–Crippen MR) is 72.9 cm³/mol. The fourth-order valence-corrected chi connectivity index (χ4v) is 2.09. The van der Waals surface area contributed by atoms with Crippen LogP contribution in [0.2, 0.25) is 0 Å². The highest BCUT2D eigenvalue weighted by molar-refractivity contribution is 5.87. The van der Waals surface area contributed by atoms with Gasteiger partial charge >= 0.3 is 0 Å². The molecule has 0 aliphatic carbocycles. The number of fused-ring (bicyclic) bond motifs is 1. The van der Waals surface area contributed by atoms with Gasteiger partial charge in [-0.1, -0.05) is 54.6 Å². The maximum atomic E-state index is 9.13. The highest BCUT2D eigenvalue weighted by atomic mass is 14.2. The number of nitrogens with zero attached hydrogens (tertiary/aromatic N) is 1. The first-order valence-electron chi connectivity index (χ1n) is 5.79. The van der Waals surface area contributed by atoms with Crippen LogP contribution in [0.3, 0.4) is 0 Å². The Labute approximate surface area is 106 Å². The van der Waals surface area contributed by atoms with Gasteiger partial charge in [-0.3, -0.25) is 0 Å². The zero-order valence-corrected chi connectivity index (χ0v) is 9.72. The highest BCUT2D eigenvalue weighted by Gasteiger charge is 2.04. The normalized spacial score (nSPS) is 10.2. The van der Waals surface area contributed by atoms with Gasteiger partial charge in [-0.2, -0.15) is 5.26 Å². The Morgan fingerprint density at radius 1 is 0.833 bits per heavy atom. The number of hydrogen-bond acceptors (Lipinski definition) is 1. The molecule has 3 aromatic rings. The van der Waals surface area contributed by atoms with E-state index in [4.69, 9.17) is 5.26 Å². The van der Waals surface area contributed by atoms with E-state index in [0.29, 0.717) is 5.56 Å². The number of benzene rings is 3. The summed E-state index contributed by atoms with van der Waals surface area (Å²) in [5, 5.41) is 11.4. The molecule has 0 atom stereocenters. The molecule has 0 N–H and O–H groups in total. The lowest BCUT2D eigenvalue weighted by molar-refractivity contribution is 1.48. The van der Waals surface area contributed by atoms with Crippen LogP contribution in [-0.2, 0) is 0 Å². The molecular formula is C17H10N. The van der Waals surface area contributed by atoms with Gasteiger partial charge in [-0.05, 0) is 28.5 Å². The maximum absolute atomic E-state index is 9.13. The fourth-order valence-electron chi connectivity index (χ4n) is 2.09. The van der Waals surface area contributed by atoms with Crippen molar-refractivity contribution in [3.63, 3.8) is 0 Å². The van der Waals surface area contributed by atoms with Crippen LogP contribution in [0.4, 0.5) is 0 Å². The van der Waals surface area contributed by atoms with Gasteiger partial charge in [0.1, 0.15) is 0 Å². The third-order valence-corrected chi connectivity index (χ3v) is 3.00. The molecule has 0 spiro atoms. The van der Waals surface area contributed by atoms with Crippen LogP contribution in [0.25, 0.3) is 21.9 Å². The second-order valence-electron chi connectivity index (χ2n) is 4.12. The van der Waals surface area contributed by atoms with Crippen molar-refractivity contribution in [2.45, 2.75) is 0 Å². The quantitative estimate of drug-likeness (QED) is 0.613. The molecule has 3 rings (SSSR count). The van der Waals surface area contributed by atoms with E-state index in [1.54, 1.807) is 0 Å². The Kier molecular flexibility index (Phi) is 2.55. The van der Waals surface area contributed by atoms with Gasteiger partial charge in [-0.25, -0.2) is 0 Å². The molecule has 0 fully saturated rings. The highest BCUT2D eigenvalue weighted by Crippen LogP contribution is 2.26. The van der Waals surface area contributed by atoms with Crippen LogP contribution in [0.1, 0.15) is 5.56 Å². The first-order chi connectivity index (χ1) is 8.88. The van der Waals surface area contributed by atoms with Crippen LogP contribution < -0.4 is 0 Å². The second kappa shape index (κ2) is 4.35. The Morgan fingerprint density at radius 3 is 2.50 bits per heavy atom. The Bertz CT molecular complexity index is 751. The van der Waals surface area contributed by atoms with Crippen molar-refractivity contribution < 1.29 is 0 Å². The first kappa shape index (κ1) is 10.6. The summed E-state index contributed by atoms with van der Waals surface area (Å²) in [6.07, 6.45) is 0. The maximum Gasteiger partial charge on any atom is 0.0998 e. The van der Waals surface area contributed by atoms with E-state index in [-0.39, 0.29) is 0 Å². The van der Waals surface area contributed by atoms with Crippen molar-refractivity contribution in [3.8, 4) is 17.2 Å². The molecule has 0 bridgehead atoms. The summed E-state index contributed by atoms with van der Waals surface area (Å²) in [7, 11) is 0. The van der Waals surface area contributed by atoms with Gasteiger partial charge in [-0.15, -0.1) is 0 Å². The molecular weight excluding hydrogens is 218 g/mol. The van der Waals surface area contributed by atoms with Crippen LogP contribution in [0.5, 0.6) is 0 Å². The van der Waals surface area contributed by atoms with E-state index in [1.165, 1.54) is 0 Å². The standard InChI is InChI=1S/C17H10N/c18-12-16-7-3-4-8-17(16)15-10-9-13-5-1-2-6-14(13)11-15/h1-10H. The zero-order valence-electron chi connectivity index (χ0n) is 9.72. The van der Waals surface area contributed by atoms with E-state index < -0.39 is 0 Å². The Hall–Kier alpha value is -2.59. The van der Waals surface area contributed by atoms with Gasteiger partial charge < -0.3 is 0 Å². The minimum Gasteiger partial charge on any atom is -0.192 e. The average Bonchev–Trinajstić information content (AvgIpc) is 2.46. The number of hydrogen-bond donors (Lipinski definition) is 0. The lowest BCUT2D eigenvalue weighted by atomic mass is 9.98. The summed E-state index contributed by atoms with van der Waals surface area (Å²) in [6, 6.07) is 25.4. The Morgan fingerprint density at radius 2 is 1.61 bits per heavy atom. The second-order valence-corrected chi connectivity index (χ2v) is 4.12. The Balaban J connectivity index is 2.23. The van der Waals surface area contributed by atoms with Crippen molar-refractivity contribution in [2.24, 2.45) is 0 Å². The largest absolute Gasteiger partial charge is 0.192 e. The molecule has 0 aliphatic rings. The molecule has 0 aromatic heterocycles. The van der Waals surface area contributed by atoms with Crippen molar-refractivity contribution >= 4 is 10.8 Å².